The number of nitrogens with zero attached hydrogens (tertiary/aromatic N) is 1. The molecule has 1 aromatic rings. The maximum absolute atomic E-state index is 4.44. The molecule has 2 rings (SSSR count). The van der Waals surface area contributed by atoms with Gasteiger partial charge in [0, 0.05) is 23.7 Å². The molecule has 3 nitrogen and oxygen atoms in total. The number of aromatic nitrogens is 2. The van der Waals surface area contributed by atoms with Gasteiger partial charge in [-0.3, -0.25) is 0 Å². The Morgan fingerprint density at radius 3 is 3.06 bits per heavy atom. The van der Waals surface area contributed by atoms with E-state index in [9.17, 15) is 0 Å². The molecule has 0 saturated heterocycles. The third-order valence-electron chi connectivity index (χ3n) is 3.18. The molecule has 1 aromatic heterocycles. The second-order valence-electron chi connectivity index (χ2n) is 4.75. The van der Waals surface area contributed by atoms with Gasteiger partial charge in [-0.2, -0.15) is 11.8 Å². The minimum Gasteiger partial charge on any atom is -0.344 e. The van der Waals surface area contributed by atoms with Crippen LogP contribution in [0.25, 0.3) is 0 Å². The van der Waals surface area contributed by atoms with Crippen LogP contribution in [-0.2, 0) is 12.3 Å². The van der Waals surface area contributed by atoms with Crippen LogP contribution in [0.2, 0.25) is 0 Å². The highest BCUT2D eigenvalue weighted by molar-refractivity contribution is 7.99. The maximum atomic E-state index is 4.44. The van der Waals surface area contributed by atoms with Gasteiger partial charge in [-0.15, -0.1) is 0 Å². The lowest BCUT2D eigenvalue weighted by Crippen LogP contribution is -2.13. The van der Waals surface area contributed by atoms with Crippen molar-refractivity contribution in [2.24, 2.45) is 0 Å². The summed E-state index contributed by atoms with van der Waals surface area (Å²) in [6, 6.07) is 0. The summed E-state index contributed by atoms with van der Waals surface area (Å²) in [6.45, 7) is 4.17. The average Bonchev–Trinajstić information content (AvgIpc) is 2.98. The number of aromatic amines is 1. The smallest absolute Gasteiger partial charge is 0.116 e. The molecule has 0 aliphatic heterocycles. The van der Waals surface area contributed by atoms with E-state index in [2.05, 4.69) is 34.0 Å². The lowest BCUT2D eigenvalue weighted by molar-refractivity contribution is 0.666. The second kappa shape index (κ2) is 7.07. The first-order valence-electron chi connectivity index (χ1n) is 6.73. The molecule has 1 aliphatic rings. The van der Waals surface area contributed by atoms with E-state index in [0.717, 1.165) is 29.9 Å². The van der Waals surface area contributed by atoms with Crippen LogP contribution >= 0.6 is 11.8 Å². The monoisotopic (exact) mass is 253 g/mol. The van der Waals surface area contributed by atoms with Crippen molar-refractivity contribution in [3.05, 3.63) is 17.7 Å². The fraction of sp³-hybridized carbons (Fsp3) is 0.769. The van der Waals surface area contributed by atoms with Crippen molar-refractivity contribution in [3.8, 4) is 0 Å². The number of hydrogen-bond acceptors (Lipinski definition) is 3. The van der Waals surface area contributed by atoms with Gasteiger partial charge in [-0.1, -0.05) is 19.8 Å². The van der Waals surface area contributed by atoms with Gasteiger partial charge in [0.15, 0.2) is 0 Å². The number of rotatable bonds is 7. The van der Waals surface area contributed by atoms with Crippen molar-refractivity contribution in [1.82, 2.24) is 15.3 Å². The lowest BCUT2D eigenvalue weighted by atomic mass is 10.4. The van der Waals surface area contributed by atoms with Crippen LogP contribution in [0.3, 0.4) is 0 Å². The quantitative estimate of drug-likeness (QED) is 0.734. The molecule has 1 aliphatic carbocycles. The zero-order chi connectivity index (χ0) is 11.9. The largest absolute Gasteiger partial charge is 0.344 e. The van der Waals surface area contributed by atoms with Crippen molar-refractivity contribution >= 4 is 11.8 Å². The van der Waals surface area contributed by atoms with Crippen molar-refractivity contribution in [3.63, 3.8) is 0 Å². The fourth-order valence-corrected chi connectivity index (χ4v) is 3.43. The van der Waals surface area contributed by atoms with Crippen molar-refractivity contribution in [1.29, 1.82) is 0 Å². The Labute approximate surface area is 108 Å². The Kier molecular flexibility index (Phi) is 5.39. The molecule has 0 atom stereocenters. The molecule has 0 spiro atoms. The SMILES string of the molecule is CCCNCc1cnc(CSC2CCCC2)[nH]1. The first kappa shape index (κ1) is 13.0. The summed E-state index contributed by atoms with van der Waals surface area (Å²) in [6.07, 6.45) is 8.78. The van der Waals surface area contributed by atoms with Crippen LogP contribution < -0.4 is 5.32 Å². The van der Waals surface area contributed by atoms with Crippen LogP contribution in [0, 0.1) is 0 Å². The molecule has 4 heteroatoms. The average molecular weight is 253 g/mol. The third-order valence-corrected chi connectivity index (χ3v) is 4.56. The minimum absolute atomic E-state index is 0.877. The predicted molar refractivity (Wildman–Crippen MR) is 74.1 cm³/mol. The highest BCUT2D eigenvalue weighted by atomic mass is 32.2. The van der Waals surface area contributed by atoms with E-state index in [1.165, 1.54) is 37.8 Å². The van der Waals surface area contributed by atoms with E-state index < -0.39 is 0 Å². The van der Waals surface area contributed by atoms with Crippen LogP contribution in [0.15, 0.2) is 6.20 Å². The molecule has 1 heterocycles. The molecule has 0 bridgehead atoms. The highest BCUT2D eigenvalue weighted by Crippen LogP contribution is 2.30. The van der Waals surface area contributed by atoms with Gasteiger partial charge in [0.2, 0.25) is 0 Å². The van der Waals surface area contributed by atoms with E-state index >= 15 is 0 Å². The number of imidazole rings is 1. The summed E-state index contributed by atoms with van der Waals surface area (Å²) in [5, 5.41) is 4.26. The second-order valence-corrected chi connectivity index (χ2v) is 6.04. The Bertz CT molecular complexity index is 318. The van der Waals surface area contributed by atoms with Gasteiger partial charge >= 0.3 is 0 Å². The van der Waals surface area contributed by atoms with E-state index in [1.54, 1.807) is 0 Å². The molecule has 1 saturated carbocycles. The highest BCUT2D eigenvalue weighted by Gasteiger charge is 2.15. The van der Waals surface area contributed by atoms with E-state index in [0.29, 0.717) is 0 Å². The summed E-state index contributed by atoms with van der Waals surface area (Å²) in [4.78, 5) is 7.84. The van der Waals surface area contributed by atoms with Gasteiger partial charge in [0.05, 0.1) is 5.75 Å². The Morgan fingerprint density at radius 1 is 1.47 bits per heavy atom. The molecule has 0 amide bonds. The number of nitrogens with one attached hydrogen (secondary N) is 2. The van der Waals surface area contributed by atoms with Crippen LogP contribution in [0.4, 0.5) is 0 Å². The molecule has 0 unspecified atom stereocenters. The normalized spacial score (nSPS) is 16.8. The van der Waals surface area contributed by atoms with Gasteiger partial charge < -0.3 is 10.3 Å². The first-order chi connectivity index (χ1) is 8.38. The first-order valence-corrected chi connectivity index (χ1v) is 7.78. The number of hydrogen-bond donors (Lipinski definition) is 2. The Morgan fingerprint density at radius 2 is 2.29 bits per heavy atom. The van der Waals surface area contributed by atoms with Gasteiger partial charge in [0.1, 0.15) is 5.82 Å². The Hall–Kier alpha value is -0.480. The maximum Gasteiger partial charge on any atom is 0.116 e. The third kappa shape index (κ3) is 4.36. The molecule has 0 aromatic carbocycles. The molecule has 1 fully saturated rings. The summed E-state index contributed by atoms with van der Waals surface area (Å²) in [7, 11) is 0. The van der Waals surface area contributed by atoms with E-state index in [4.69, 9.17) is 0 Å². The summed E-state index contributed by atoms with van der Waals surface area (Å²) >= 11 is 2.06. The molecular weight excluding hydrogens is 230 g/mol. The summed E-state index contributed by atoms with van der Waals surface area (Å²) < 4.78 is 0. The Balaban J connectivity index is 1.69. The molecule has 96 valence electrons. The molecule has 17 heavy (non-hydrogen) atoms. The zero-order valence-corrected chi connectivity index (χ0v) is 11.5. The van der Waals surface area contributed by atoms with E-state index in [-0.39, 0.29) is 0 Å². The van der Waals surface area contributed by atoms with Crippen LogP contribution in [0.1, 0.15) is 50.5 Å². The fourth-order valence-electron chi connectivity index (χ4n) is 2.22. The lowest BCUT2D eigenvalue weighted by Gasteiger charge is -2.06. The zero-order valence-electron chi connectivity index (χ0n) is 10.7. The standard InChI is InChI=1S/C13H23N3S/c1-2-7-14-8-11-9-15-13(16-11)10-17-12-5-3-4-6-12/h9,12,14H,2-8,10H2,1H3,(H,15,16). The van der Waals surface area contributed by atoms with Crippen molar-refractivity contribution < 1.29 is 0 Å². The van der Waals surface area contributed by atoms with Crippen LogP contribution in [-0.4, -0.2) is 21.8 Å². The van der Waals surface area contributed by atoms with Gasteiger partial charge in [-0.25, -0.2) is 4.98 Å². The van der Waals surface area contributed by atoms with Gasteiger partial charge in [-0.05, 0) is 25.8 Å². The topological polar surface area (TPSA) is 40.7 Å². The molecule has 0 radical (unpaired) electrons. The predicted octanol–water partition coefficient (Wildman–Crippen LogP) is 3.09. The number of H-pyrrole nitrogens is 1. The molecule has 2 N–H and O–H groups in total. The van der Waals surface area contributed by atoms with Crippen molar-refractivity contribution in [2.45, 2.75) is 56.6 Å². The van der Waals surface area contributed by atoms with Crippen LogP contribution in [0.5, 0.6) is 0 Å². The van der Waals surface area contributed by atoms with Gasteiger partial charge in [0.25, 0.3) is 0 Å². The van der Waals surface area contributed by atoms with E-state index in [1.807, 2.05) is 6.20 Å². The minimum atomic E-state index is 0.877. The summed E-state index contributed by atoms with van der Waals surface area (Å²) in [5.41, 5.74) is 1.21. The number of thioether (sulfide) groups is 1. The molecular formula is C13H23N3S. The summed E-state index contributed by atoms with van der Waals surface area (Å²) in [5.74, 6) is 2.17. The van der Waals surface area contributed by atoms with Crippen molar-refractivity contribution in [2.75, 3.05) is 6.54 Å².